The van der Waals surface area contributed by atoms with Gasteiger partial charge in [0.2, 0.25) is 0 Å². The van der Waals surface area contributed by atoms with Crippen molar-refractivity contribution in [2.24, 2.45) is 0 Å². The maximum absolute atomic E-state index is 5.99. The lowest BCUT2D eigenvalue weighted by atomic mass is 10.1. The van der Waals surface area contributed by atoms with Crippen LogP contribution in [0.3, 0.4) is 0 Å². The average molecular weight is 208 g/mol. The molecule has 1 aromatic heterocycles. The summed E-state index contributed by atoms with van der Waals surface area (Å²) in [4.78, 5) is 2.48. The summed E-state index contributed by atoms with van der Waals surface area (Å²) in [5, 5.41) is 4.36. The smallest absolute Gasteiger partial charge is 0.124 e. The Morgan fingerprint density at radius 1 is 1.47 bits per heavy atom. The summed E-state index contributed by atoms with van der Waals surface area (Å²) in [7, 11) is 0. The van der Waals surface area contributed by atoms with Crippen molar-refractivity contribution < 1.29 is 0 Å². The molecule has 0 aliphatic carbocycles. The molecule has 0 atom stereocenters. The van der Waals surface area contributed by atoms with Crippen LogP contribution in [0.1, 0.15) is 31.4 Å². The van der Waals surface area contributed by atoms with Crippen LogP contribution in [0.5, 0.6) is 0 Å². The van der Waals surface area contributed by atoms with E-state index in [1.807, 2.05) is 17.8 Å². The number of nitrogen functional groups attached to an aromatic ring is 1. The van der Waals surface area contributed by atoms with E-state index in [9.17, 15) is 0 Å². The van der Waals surface area contributed by atoms with Gasteiger partial charge < -0.3 is 10.6 Å². The van der Waals surface area contributed by atoms with Crippen molar-refractivity contribution in [1.29, 1.82) is 0 Å². The molecule has 1 saturated heterocycles. The molecule has 0 amide bonds. The molecule has 2 rings (SSSR count). The maximum Gasteiger partial charge on any atom is 0.124 e. The van der Waals surface area contributed by atoms with Crippen LogP contribution in [0.4, 0.5) is 5.82 Å². The lowest BCUT2D eigenvalue weighted by Gasteiger charge is -2.31. The fourth-order valence-electron chi connectivity index (χ4n) is 2.23. The Morgan fingerprint density at radius 3 is 2.60 bits per heavy atom. The zero-order valence-corrected chi connectivity index (χ0v) is 9.61. The van der Waals surface area contributed by atoms with E-state index < -0.39 is 0 Å². The molecule has 1 aromatic rings. The summed E-state index contributed by atoms with van der Waals surface area (Å²) in [5.41, 5.74) is 7.08. The normalized spacial score (nSPS) is 19.6. The second-order valence-electron chi connectivity index (χ2n) is 4.32. The molecule has 84 valence electrons. The molecule has 4 heteroatoms. The van der Waals surface area contributed by atoms with Gasteiger partial charge in [0.05, 0.1) is 12.2 Å². The maximum atomic E-state index is 5.99. The average Bonchev–Trinajstić information content (AvgIpc) is 2.60. The van der Waals surface area contributed by atoms with Crippen LogP contribution in [-0.4, -0.2) is 34.3 Å². The third kappa shape index (κ3) is 2.00. The van der Waals surface area contributed by atoms with E-state index in [4.69, 9.17) is 5.73 Å². The Hall–Kier alpha value is -1.03. The predicted octanol–water partition coefficient (Wildman–Crippen LogP) is 1.43. The highest BCUT2D eigenvalue weighted by molar-refractivity contribution is 5.37. The van der Waals surface area contributed by atoms with Gasteiger partial charge in [-0.1, -0.05) is 6.92 Å². The van der Waals surface area contributed by atoms with Gasteiger partial charge in [-0.15, -0.1) is 0 Å². The van der Waals surface area contributed by atoms with Crippen LogP contribution in [-0.2, 0) is 0 Å². The lowest BCUT2D eigenvalue weighted by Crippen LogP contribution is -2.34. The molecule has 0 unspecified atom stereocenters. The first-order valence-corrected chi connectivity index (χ1v) is 5.74. The van der Waals surface area contributed by atoms with Gasteiger partial charge in [-0.2, -0.15) is 5.10 Å². The lowest BCUT2D eigenvalue weighted by molar-refractivity contribution is 0.189. The van der Waals surface area contributed by atoms with Gasteiger partial charge >= 0.3 is 0 Å². The summed E-state index contributed by atoms with van der Waals surface area (Å²) in [6.45, 7) is 7.71. The van der Waals surface area contributed by atoms with Gasteiger partial charge in [-0.25, -0.2) is 4.68 Å². The molecule has 0 spiro atoms. The van der Waals surface area contributed by atoms with Gasteiger partial charge in [0.1, 0.15) is 5.82 Å². The zero-order chi connectivity index (χ0) is 10.8. The number of aryl methyl sites for hydroxylation is 1. The number of piperidine rings is 1. The number of aromatic nitrogens is 2. The number of hydrogen-bond acceptors (Lipinski definition) is 3. The number of likely N-dealkylation sites (tertiary alicyclic amines) is 1. The van der Waals surface area contributed by atoms with Crippen LogP contribution >= 0.6 is 0 Å². The molecule has 0 radical (unpaired) electrons. The van der Waals surface area contributed by atoms with Gasteiger partial charge in [0.15, 0.2) is 0 Å². The topological polar surface area (TPSA) is 47.1 Å². The Kier molecular flexibility index (Phi) is 2.95. The van der Waals surface area contributed by atoms with E-state index in [0.29, 0.717) is 6.04 Å². The fourth-order valence-corrected chi connectivity index (χ4v) is 2.23. The molecule has 0 saturated carbocycles. The first-order chi connectivity index (χ1) is 7.22. The van der Waals surface area contributed by atoms with Crippen molar-refractivity contribution in [2.75, 3.05) is 25.4 Å². The fraction of sp³-hybridized carbons (Fsp3) is 0.727. The predicted molar refractivity (Wildman–Crippen MR) is 61.8 cm³/mol. The minimum absolute atomic E-state index is 0.501. The Labute approximate surface area is 91.1 Å². The van der Waals surface area contributed by atoms with Crippen molar-refractivity contribution in [2.45, 2.75) is 32.7 Å². The van der Waals surface area contributed by atoms with Crippen LogP contribution in [0, 0.1) is 6.92 Å². The molecule has 1 fully saturated rings. The van der Waals surface area contributed by atoms with E-state index in [1.54, 1.807) is 0 Å². The third-order valence-electron chi connectivity index (χ3n) is 3.38. The van der Waals surface area contributed by atoms with Crippen molar-refractivity contribution in [3.63, 3.8) is 0 Å². The molecule has 0 aromatic carbocycles. The first-order valence-electron chi connectivity index (χ1n) is 5.74. The van der Waals surface area contributed by atoms with Crippen LogP contribution < -0.4 is 5.73 Å². The third-order valence-corrected chi connectivity index (χ3v) is 3.38. The second-order valence-corrected chi connectivity index (χ2v) is 4.32. The summed E-state index contributed by atoms with van der Waals surface area (Å²) < 4.78 is 2.00. The standard InChI is InChI=1S/C11H20N4/c1-3-14-6-4-10(5-7-14)15-11(12)9(2)8-13-15/h8,10H,3-7,12H2,1-2H3. The number of anilines is 1. The zero-order valence-electron chi connectivity index (χ0n) is 9.61. The second kappa shape index (κ2) is 4.23. The number of rotatable bonds is 2. The van der Waals surface area contributed by atoms with E-state index in [0.717, 1.165) is 17.9 Å². The molecular weight excluding hydrogens is 188 g/mol. The molecule has 1 aliphatic heterocycles. The molecule has 2 heterocycles. The van der Waals surface area contributed by atoms with Crippen molar-refractivity contribution in [3.05, 3.63) is 11.8 Å². The van der Waals surface area contributed by atoms with Crippen LogP contribution in [0.15, 0.2) is 6.20 Å². The van der Waals surface area contributed by atoms with E-state index in [2.05, 4.69) is 16.9 Å². The molecule has 2 N–H and O–H groups in total. The summed E-state index contributed by atoms with van der Waals surface area (Å²) >= 11 is 0. The monoisotopic (exact) mass is 208 g/mol. The molecule has 4 nitrogen and oxygen atoms in total. The van der Waals surface area contributed by atoms with Gasteiger partial charge in [0, 0.05) is 18.7 Å². The molecule has 0 bridgehead atoms. The van der Waals surface area contributed by atoms with Crippen molar-refractivity contribution in [3.8, 4) is 0 Å². The largest absolute Gasteiger partial charge is 0.384 e. The molecule has 15 heavy (non-hydrogen) atoms. The highest BCUT2D eigenvalue weighted by Crippen LogP contribution is 2.25. The van der Waals surface area contributed by atoms with Gasteiger partial charge in [-0.3, -0.25) is 0 Å². The first kappa shape index (κ1) is 10.5. The number of nitrogens with zero attached hydrogens (tertiary/aromatic N) is 3. The van der Waals surface area contributed by atoms with Crippen molar-refractivity contribution in [1.82, 2.24) is 14.7 Å². The van der Waals surface area contributed by atoms with Crippen LogP contribution in [0.2, 0.25) is 0 Å². The summed E-state index contributed by atoms with van der Waals surface area (Å²) in [5.74, 6) is 0.838. The van der Waals surface area contributed by atoms with E-state index in [1.165, 1.54) is 25.9 Å². The quantitative estimate of drug-likeness (QED) is 0.799. The van der Waals surface area contributed by atoms with Gasteiger partial charge in [0.25, 0.3) is 0 Å². The molecular formula is C11H20N4. The summed E-state index contributed by atoms with van der Waals surface area (Å²) in [6, 6.07) is 0.501. The SMILES string of the molecule is CCN1CCC(n2ncc(C)c2N)CC1. The number of hydrogen-bond donors (Lipinski definition) is 1. The Balaban J connectivity index is 2.04. The van der Waals surface area contributed by atoms with Crippen LogP contribution in [0.25, 0.3) is 0 Å². The molecule has 1 aliphatic rings. The number of nitrogens with two attached hydrogens (primary N) is 1. The van der Waals surface area contributed by atoms with Crippen molar-refractivity contribution >= 4 is 5.82 Å². The van der Waals surface area contributed by atoms with Gasteiger partial charge in [-0.05, 0) is 26.3 Å². The Bertz CT molecular complexity index is 323. The minimum atomic E-state index is 0.501. The minimum Gasteiger partial charge on any atom is -0.384 e. The summed E-state index contributed by atoms with van der Waals surface area (Å²) in [6.07, 6.45) is 4.19. The highest BCUT2D eigenvalue weighted by atomic mass is 15.3. The highest BCUT2D eigenvalue weighted by Gasteiger charge is 2.21. The van der Waals surface area contributed by atoms with E-state index >= 15 is 0 Å². The Morgan fingerprint density at radius 2 is 2.13 bits per heavy atom. The van der Waals surface area contributed by atoms with E-state index in [-0.39, 0.29) is 0 Å².